The third kappa shape index (κ3) is 2.66. The lowest BCUT2D eigenvalue weighted by molar-refractivity contribution is 0.834. The van der Waals surface area contributed by atoms with E-state index in [0.717, 1.165) is 22.7 Å². The lowest BCUT2D eigenvalue weighted by Gasteiger charge is -2.00. The molecule has 3 rings (SSSR count). The summed E-state index contributed by atoms with van der Waals surface area (Å²) in [5.41, 5.74) is 2.06. The Morgan fingerprint density at radius 1 is 1.30 bits per heavy atom. The van der Waals surface area contributed by atoms with E-state index in [1.165, 1.54) is 4.88 Å². The Hall–Kier alpha value is -1.92. The smallest absolute Gasteiger partial charge is 0.206 e. The van der Waals surface area contributed by atoms with Gasteiger partial charge in [-0.25, -0.2) is 4.68 Å². The third-order valence-electron chi connectivity index (χ3n) is 2.69. The van der Waals surface area contributed by atoms with Gasteiger partial charge in [-0.2, -0.15) is 5.10 Å². The predicted octanol–water partition coefficient (Wildman–Crippen LogP) is 3.41. The highest BCUT2D eigenvalue weighted by Crippen LogP contribution is 2.24. The number of H-pyrrole nitrogens is 1. The Kier molecular flexibility index (Phi) is 3.94. The highest BCUT2D eigenvalue weighted by molar-refractivity contribution is 7.14. The highest BCUT2D eigenvalue weighted by Gasteiger charge is 2.07. The van der Waals surface area contributed by atoms with Crippen LogP contribution in [-0.2, 0) is 0 Å². The van der Waals surface area contributed by atoms with Crippen molar-refractivity contribution in [3.63, 3.8) is 0 Å². The number of thiazole rings is 1. The third-order valence-corrected chi connectivity index (χ3v) is 4.43. The summed E-state index contributed by atoms with van der Waals surface area (Å²) in [6.07, 6.45) is 3.70. The first kappa shape index (κ1) is 13.1. The number of thiophene rings is 1. The maximum Gasteiger partial charge on any atom is 0.206 e. The van der Waals surface area contributed by atoms with Crippen molar-refractivity contribution < 1.29 is 0 Å². The molecule has 0 fully saturated rings. The Labute approximate surface area is 124 Å². The minimum Gasteiger partial charge on any atom is -0.360 e. The maximum absolute atomic E-state index is 4.57. The van der Waals surface area contributed by atoms with Gasteiger partial charge in [0.2, 0.25) is 4.80 Å². The van der Waals surface area contributed by atoms with Gasteiger partial charge in [0.15, 0.2) is 0 Å². The van der Waals surface area contributed by atoms with Crippen molar-refractivity contribution in [2.24, 2.45) is 10.1 Å². The average Bonchev–Trinajstić information content (AvgIpc) is 3.19. The molecule has 0 radical (unpaired) electrons. The van der Waals surface area contributed by atoms with Gasteiger partial charge in [0.25, 0.3) is 0 Å². The topological polar surface area (TPSA) is 45.4 Å². The summed E-state index contributed by atoms with van der Waals surface area (Å²) in [7, 11) is 0. The Balaban J connectivity index is 2.07. The number of rotatable bonds is 4. The summed E-state index contributed by atoms with van der Waals surface area (Å²) in [4.78, 5) is 9.73. The van der Waals surface area contributed by atoms with Crippen LogP contribution in [0.5, 0.6) is 0 Å². The van der Waals surface area contributed by atoms with Crippen LogP contribution in [0.25, 0.3) is 10.6 Å². The minimum absolute atomic E-state index is 0.752. The Bertz CT molecular complexity index is 746. The van der Waals surface area contributed by atoms with Gasteiger partial charge in [0.05, 0.1) is 22.5 Å². The van der Waals surface area contributed by atoms with Gasteiger partial charge >= 0.3 is 0 Å². The molecule has 0 aliphatic rings. The molecule has 3 aromatic rings. The monoisotopic (exact) mass is 302 g/mol. The second kappa shape index (κ2) is 6.02. The van der Waals surface area contributed by atoms with Crippen molar-refractivity contribution >= 4 is 28.9 Å². The minimum atomic E-state index is 0.752. The molecule has 0 bridgehead atoms. The summed E-state index contributed by atoms with van der Waals surface area (Å²) in [6, 6.07) is 8.09. The quantitative estimate of drug-likeness (QED) is 0.718. The van der Waals surface area contributed by atoms with E-state index in [-0.39, 0.29) is 0 Å². The number of nitrogens with zero attached hydrogens (tertiary/aromatic N) is 3. The SMILES string of the molecule is CCN=c1scc(-c2cccs2)n1N=Cc1ccc[nH]1. The van der Waals surface area contributed by atoms with E-state index in [4.69, 9.17) is 0 Å². The molecule has 0 amide bonds. The standard InChI is InChI=1S/C14H14N4S2/c1-2-15-14-18(17-9-11-5-3-7-16-11)12(10-20-14)13-6-4-8-19-13/h3-10,16H,2H2,1H3. The second-order valence-corrected chi connectivity index (χ2v) is 5.82. The fourth-order valence-corrected chi connectivity index (χ4v) is 3.49. The van der Waals surface area contributed by atoms with Crippen molar-refractivity contribution in [1.82, 2.24) is 9.66 Å². The molecule has 0 aliphatic carbocycles. The highest BCUT2D eigenvalue weighted by atomic mass is 32.1. The van der Waals surface area contributed by atoms with E-state index in [9.17, 15) is 0 Å². The van der Waals surface area contributed by atoms with Crippen molar-refractivity contribution in [3.8, 4) is 10.6 Å². The first-order valence-electron chi connectivity index (χ1n) is 6.31. The van der Waals surface area contributed by atoms with Crippen LogP contribution in [0.15, 0.2) is 51.3 Å². The Morgan fingerprint density at radius 3 is 2.95 bits per heavy atom. The molecule has 0 spiro atoms. The predicted molar refractivity (Wildman–Crippen MR) is 85.5 cm³/mol. The van der Waals surface area contributed by atoms with E-state index < -0.39 is 0 Å². The second-order valence-electron chi connectivity index (χ2n) is 4.04. The lowest BCUT2D eigenvalue weighted by atomic mass is 10.4. The molecular weight excluding hydrogens is 288 g/mol. The number of hydrogen-bond donors (Lipinski definition) is 1. The first-order chi connectivity index (χ1) is 9.88. The molecule has 3 aromatic heterocycles. The van der Waals surface area contributed by atoms with Crippen molar-refractivity contribution in [3.05, 3.63) is 51.7 Å². The van der Waals surface area contributed by atoms with Gasteiger partial charge in [-0.15, -0.1) is 22.7 Å². The lowest BCUT2D eigenvalue weighted by Crippen LogP contribution is -2.12. The fourth-order valence-electron chi connectivity index (χ4n) is 1.79. The molecule has 0 aromatic carbocycles. The van der Waals surface area contributed by atoms with Crippen molar-refractivity contribution in [2.75, 3.05) is 6.54 Å². The van der Waals surface area contributed by atoms with Crippen LogP contribution in [-0.4, -0.2) is 22.4 Å². The first-order valence-corrected chi connectivity index (χ1v) is 8.07. The molecule has 0 atom stereocenters. The van der Waals surface area contributed by atoms with Crippen LogP contribution in [0, 0.1) is 0 Å². The Morgan fingerprint density at radius 2 is 2.25 bits per heavy atom. The van der Waals surface area contributed by atoms with Gasteiger partial charge in [-0.1, -0.05) is 6.07 Å². The molecule has 0 aliphatic heterocycles. The molecule has 6 heteroatoms. The number of aromatic amines is 1. The van der Waals surface area contributed by atoms with E-state index in [2.05, 4.69) is 31.9 Å². The fraction of sp³-hybridized carbons (Fsp3) is 0.143. The summed E-state index contributed by atoms with van der Waals surface area (Å²) in [5, 5.41) is 8.74. The maximum atomic E-state index is 4.57. The van der Waals surface area contributed by atoms with Gasteiger partial charge in [-0.05, 0) is 30.5 Å². The van der Waals surface area contributed by atoms with E-state index in [0.29, 0.717) is 0 Å². The summed E-state index contributed by atoms with van der Waals surface area (Å²) < 4.78 is 1.90. The zero-order valence-electron chi connectivity index (χ0n) is 11.0. The van der Waals surface area contributed by atoms with Gasteiger partial charge in [-0.3, -0.25) is 4.99 Å². The summed E-state index contributed by atoms with van der Waals surface area (Å²) >= 11 is 3.32. The van der Waals surface area contributed by atoms with E-state index >= 15 is 0 Å². The van der Waals surface area contributed by atoms with Crippen molar-refractivity contribution in [1.29, 1.82) is 0 Å². The molecule has 0 unspecified atom stereocenters. The van der Waals surface area contributed by atoms with Crippen LogP contribution < -0.4 is 4.80 Å². The average molecular weight is 302 g/mol. The van der Waals surface area contributed by atoms with Crippen molar-refractivity contribution in [2.45, 2.75) is 6.92 Å². The van der Waals surface area contributed by atoms with Crippen LogP contribution in [0.1, 0.15) is 12.6 Å². The molecule has 0 saturated heterocycles. The van der Waals surface area contributed by atoms with Crippen LogP contribution in [0.2, 0.25) is 0 Å². The van der Waals surface area contributed by atoms with Crippen LogP contribution >= 0.6 is 22.7 Å². The molecule has 20 heavy (non-hydrogen) atoms. The number of hydrogen-bond acceptors (Lipinski definition) is 4. The molecule has 0 saturated carbocycles. The van der Waals surface area contributed by atoms with Gasteiger partial charge in [0.1, 0.15) is 0 Å². The number of aromatic nitrogens is 2. The molecular formula is C14H14N4S2. The largest absolute Gasteiger partial charge is 0.360 e. The molecule has 102 valence electrons. The van der Waals surface area contributed by atoms with E-state index in [1.807, 2.05) is 42.2 Å². The zero-order valence-corrected chi connectivity index (χ0v) is 12.6. The molecule has 4 nitrogen and oxygen atoms in total. The zero-order chi connectivity index (χ0) is 13.8. The summed E-state index contributed by atoms with van der Waals surface area (Å²) in [6.45, 7) is 2.78. The van der Waals surface area contributed by atoms with Crippen LogP contribution in [0.4, 0.5) is 0 Å². The van der Waals surface area contributed by atoms with Crippen LogP contribution in [0.3, 0.4) is 0 Å². The molecule has 1 N–H and O–H groups in total. The van der Waals surface area contributed by atoms with Gasteiger partial charge < -0.3 is 4.98 Å². The summed E-state index contributed by atoms with van der Waals surface area (Å²) in [5.74, 6) is 0. The number of nitrogens with one attached hydrogen (secondary N) is 1. The van der Waals surface area contributed by atoms with E-state index in [1.54, 1.807) is 22.7 Å². The normalized spacial score (nSPS) is 12.6. The van der Waals surface area contributed by atoms with Gasteiger partial charge in [0, 0.05) is 18.1 Å². The molecule has 3 heterocycles.